The van der Waals surface area contributed by atoms with Crippen molar-refractivity contribution in [2.24, 2.45) is 0 Å². The number of halogens is 1. The van der Waals surface area contributed by atoms with Gasteiger partial charge in [-0.2, -0.15) is 0 Å². The molecule has 0 aliphatic carbocycles. The van der Waals surface area contributed by atoms with Crippen molar-refractivity contribution in [1.82, 2.24) is 10.2 Å². The summed E-state index contributed by atoms with van der Waals surface area (Å²) in [6.07, 6.45) is 1.27. The molecule has 0 unspecified atom stereocenters. The van der Waals surface area contributed by atoms with Gasteiger partial charge in [0.25, 0.3) is 0 Å². The molecule has 150 valence electrons. The molecule has 0 aromatic heterocycles. The van der Waals surface area contributed by atoms with E-state index in [1.165, 1.54) is 6.07 Å². The number of carbonyl (C=O) groups is 1. The minimum absolute atomic E-state index is 0.0689. The van der Waals surface area contributed by atoms with E-state index in [0.29, 0.717) is 18.7 Å². The number of anilines is 1. The molecule has 2 aromatic carbocycles. The summed E-state index contributed by atoms with van der Waals surface area (Å²) in [7, 11) is 1.65. The maximum atomic E-state index is 13.9. The van der Waals surface area contributed by atoms with E-state index in [0.717, 1.165) is 50.5 Å². The Morgan fingerprint density at radius 3 is 2.64 bits per heavy atom. The second-order valence-electron chi connectivity index (χ2n) is 6.98. The lowest BCUT2D eigenvalue weighted by molar-refractivity contribution is -0.121. The van der Waals surface area contributed by atoms with Crippen molar-refractivity contribution in [3.8, 4) is 5.75 Å². The Hall–Kier alpha value is -2.60. The van der Waals surface area contributed by atoms with Gasteiger partial charge in [0.1, 0.15) is 11.6 Å². The third-order valence-electron chi connectivity index (χ3n) is 5.09. The van der Waals surface area contributed by atoms with Crippen LogP contribution >= 0.6 is 0 Å². The molecule has 0 saturated carbocycles. The average molecular weight is 385 g/mol. The van der Waals surface area contributed by atoms with E-state index < -0.39 is 0 Å². The molecule has 1 fully saturated rings. The Morgan fingerprint density at radius 1 is 1.11 bits per heavy atom. The van der Waals surface area contributed by atoms with E-state index in [4.69, 9.17) is 4.74 Å². The molecule has 0 radical (unpaired) electrons. The predicted molar refractivity (Wildman–Crippen MR) is 109 cm³/mol. The first-order chi connectivity index (χ1) is 13.7. The highest BCUT2D eigenvalue weighted by Gasteiger charge is 2.19. The van der Waals surface area contributed by atoms with Gasteiger partial charge in [-0.15, -0.1) is 0 Å². The number of piperazine rings is 1. The minimum Gasteiger partial charge on any atom is -0.497 e. The van der Waals surface area contributed by atoms with Crippen molar-refractivity contribution < 1.29 is 13.9 Å². The first-order valence-electron chi connectivity index (χ1n) is 9.77. The van der Waals surface area contributed by atoms with Crippen molar-refractivity contribution in [3.05, 3.63) is 59.9 Å². The van der Waals surface area contributed by atoms with Gasteiger partial charge in [-0.25, -0.2) is 4.39 Å². The second kappa shape index (κ2) is 10.1. The zero-order chi connectivity index (χ0) is 19.8. The normalized spacial score (nSPS) is 14.7. The molecule has 6 heteroatoms. The molecule has 1 amide bonds. The summed E-state index contributed by atoms with van der Waals surface area (Å²) < 4.78 is 19.1. The van der Waals surface area contributed by atoms with Crippen molar-refractivity contribution in [2.75, 3.05) is 51.3 Å². The number of methoxy groups -OCH3 is 1. The van der Waals surface area contributed by atoms with E-state index in [1.54, 1.807) is 13.2 Å². The minimum atomic E-state index is -0.175. The number of rotatable bonds is 8. The number of hydrogen-bond acceptors (Lipinski definition) is 4. The molecule has 0 bridgehead atoms. The summed E-state index contributed by atoms with van der Waals surface area (Å²) in [5.41, 5.74) is 1.81. The number of nitrogens with one attached hydrogen (secondary N) is 1. The lowest BCUT2D eigenvalue weighted by Gasteiger charge is -2.36. The first kappa shape index (κ1) is 20.1. The number of amides is 1. The van der Waals surface area contributed by atoms with E-state index >= 15 is 0 Å². The number of benzene rings is 2. The predicted octanol–water partition coefficient (Wildman–Crippen LogP) is 2.71. The van der Waals surface area contributed by atoms with Crippen LogP contribution < -0.4 is 15.0 Å². The standard InChI is InChI=1S/C22H28FN3O2/c1-28-19-6-4-5-18(17-19)9-11-24-22(27)10-12-25-13-15-26(16-14-25)21-8-3-2-7-20(21)23/h2-8,17H,9-16H2,1H3,(H,24,27). The monoisotopic (exact) mass is 385 g/mol. The van der Waals surface area contributed by atoms with Crippen LogP contribution in [0.3, 0.4) is 0 Å². The number of para-hydroxylation sites is 1. The number of hydrogen-bond donors (Lipinski definition) is 1. The van der Waals surface area contributed by atoms with Gasteiger partial charge in [-0.3, -0.25) is 9.69 Å². The quantitative estimate of drug-likeness (QED) is 0.759. The summed E-state index contributed by atoms with van der Waals surface area (Å²) >= 11 is 0. The van der Waals surface area contributed by atoms with Crippen molar-refractivity contribution in [1.29, 1.82) is 0 Å². The third kappa shape index (κ3) is 5.70. The van der Waals surface area contributed by atoms with Crippen LogP contribution in [0, 0.1) is 5.82 Å². The SMILES string of the molecule is COc1cccc(CCNC(=O)CCN2CCN(c3ccccc3F)CC2)c1. The number of nitrogens with zero attached hydrogens (tertiary/aromatic N) is 2. The van der Waals surface area contributed by atoms with E-state index in [1.807, 2.05) is 36.4 Å². The third-order valence-corrected chi connectivity index (χ3v) is 5.09. The Morgan fingerprint density at radius 2 is 1.89 bits per heavy atom. The maximum Gasteiger partial charge on any atom is 0.221 e. The summed E-state index contributed by atoms with van der Waals surface area (Å²) in [5.74, 6) is 0.726. The van der Waals surface area contributed by atoms with E-state index in [9.17, 15) is 9.18 Å². The molecule has 1 aliphatic heterocycles. The molecule has 0 atom stereocenters. The van der Waals surface area contributed by atoms with Crippen LogP contribution in [-0.2, 0) is 11.2 Å². The fourth-order valence-corrected chi connectivity index (χ4v) is 3.44. The maximum absolute atomic E-state index is 13.9. The molecule has 1 N–H and O–H groups in total. The zero-order valence-corrected chi connectivity index (χ0v) is 16.4. The Labute approximate surface area is 166 Å². The van der Waals surface area contributed by atoms with Crippen molar-refractivity contribution in [2.45, 2.75) is 12.8 Å². The van der Waals surface area contributed by atoms with Crippen LogP contribution in [-0.4, -0.2) is 57.2 Å². The largest absolute Gasteiger partial charge is 0.497 e. The van der Waals surface area contributed by atoms with Crippen molar-refractivity contribution in [3.63, 3.8) is 0 Å². The van der Waals surface area contributed by atoms with Gasteiger partial charge in [0.2, 0.25) is 5.91 Å². The van der Waals surface area contributed by atoms with Crippen LogP contribution in [0.1, 0.15) is 12.0 Å². The van der Waals surface area contributed by atoms with Crippen LogP contribution in [0.5, 0.6) is 5.75 Å². The molecular weight excluding hydrogens is 357 g/mol. The lowest BCUT2D eigenvalue weighted by Crippen LogP contribution is -2.47. The summed E-state index contributed by atoms with van der Waals surface area (Å²) in [6.45, 7) is 4.58. The van der Waals surface area contributed by atoms with Crippen molar-refractivity contribution >= 4 is 11.6 Å². The van der Waals surface area contributed by atoms with Crippen LogP contribution in [0.4, 0.5) is 10.1 Å². The highest BCUT2D eigenvalue weighted by Crippen LogP contribution is 2.20. The topological polar surface area (TPSA) is 44.8 Å². The number of ether oxygens (including phenoxy) is 1. The van der Waals surface area contributed by atoms with E-state index in [2.05, 4.69) is 15.1 Å². The molecule has 28 heavy (non-hydrogen) atoms. The molecular formula is C22H28FN3O2. The molecule has 2 aromatic rings. The fourth-order valence-electron chi connectivity index (χ4n) is 3.44. The summed E-state index contributed by atoms with van der Waals surface area (Å²) in [5, 5.41) is 2.98. The molecule has 1 saturated heterocycles. The first-order valence-corrected chi connectivity index (χ1v) is 9.77. The average Bonchev–Trinajstić information content (AvgIpc) is 2.73. The van der Waals surface area contributed by atoms with E-state index in [-0.39, 0.29) is 11.7 Å². The fraction of sp³-hybridized carbons (Fsp3) is 0.409. The molecule has 0 spiro atoms. The van der Waals surface area contributed by atoms with Crippen LogP contribution in [0.15, 0.2) is 48.5 Å². The molecule has 3 rings (SSSR count). The number of carbonyl (C=O) groups excluding carboxylic acids is 1. The molecule has 5 nitrogen and oxygen atoms in total. The Balaban J connectivity index is 1.33. The highest BCUT2D eigenvalue weighted by atomic mass is 19.1. The van der Waals surface area contributed by atoms with Gasteiger partial charge in [0, 0.05) is 45.7 Å². The Bertz CT molecular complexity index is 776. The van der Waals surface area contributed by atoms with Crippen LogP contribution in [0.25, 0.3) is 0 Å². The van der Waals surface area contributed by atoms with Gasteiger partial charge in [0.05, 0.1) is 12.8 Å². The van der Waals surface area contributed by atoms with Gasteiger partial charge in [-0.1, -0.05) is 24.3 Å². The lowest BCUT2D eigenvalue weighted by atomic mass is 10.1. The second-order valence-corrected chi connectivity index (χ2v) is 6.98. The summed E-state index contributed by atoms with van der Waals surface area (Å²) in [4.78, 5) is 16.4. The zero-order valence-electron chi connectivity index (χ0n) is 16.4. The van der Waals surface area contributed by atoms with Crippen LogP contribution in [0.2, 0.25) is 0 Å². The van der Waals surface area contributed by atoms with Gasteiger partial charge < -0.3 is 15.0 Å². The smallest absolute Gasteiger partial charge is 0.221 e. The van der Waals surface area contributed by atoms with Gasteiger partial charge in [0.15, 0.2) is 0 Å². The summed E-state index contributed by atoms with van der Waals surface area (Å²) in [6, 6.07) is 14.8. The van der Waals surface area contributed by atoms with Gasteiger partial charge in [-0.05, 0) is 36.2 Å². The molecule has 1 heterocycles. The Kier molecular flexibility index (Phi) is 7.25. The molecule has 1 aliphatic rings. The highest BCUT2D eigenvalue weighted by molar-refractivity contribution is 5.76. The van der Waals surface area contributed by atoms with Gasteiger partial charge >= 0.3 is 0 Å².